The molecule has 0 fully saturated rings. The Morgan fingerprint density at radius 3 is 2.60 bits per heavy atom. The fourth-order valence-corrected chi connectivity index (χ4v) is 3.56. The summed E-state index contributed by atoms with van der Waals surface area (Å²) in [6.07, 6.45) is 2.51. The second-order valence-electron chi connectivity index (χ2n) is 7.10. The third kappa shape index (κ3) is 4.49. The van der Waals surface area contributed by atoms with Crippen LogP contribution in [0, 0.1) is 11.6 Å². The zero-order valence-electron chi connectivity index (χ0n) is 16.8. The van der Waals surface area contributed by atoms with Gasteiger partial charge in [-0.1, -0.05) is 0 Å². The molecule has 1 aliphatic rings. The number of anilines is 2. The SMILES string of the molecule is COc1ccc(OC)c(Nc2ncc3c(n2)CCN(Cc2cc(F)cc(F)c2)C3)c1. The maximum atomic E-state index is 13.4. The van der Waals surface area contributed by atoms with Gasteiger partial charge in [0.2, 0.25) is 5.95 Å². The molecule has 3 aromatic rings. The zero-order chi connectivity index (χ0) is 21.1. The molecular formula is C22H22F2N4O2. The lowest BCUT2D eigenvalue weighted by Gasteiger charge is -2.28. The summed E-state index contributed by atoms with van der Waals surface area (Å²) in [5.41, 5.74) is 3.28. The zero-order valence-corrected chi connectivity index (χ0v) is 16.8. The normalized spacial score (nSPS) is 13.6. The van der Waals surface area contributed by atoms with Gasteiger partial charge in [-0.25, -0.2) is 18.7 Å². The Bertz CT molecular complexity index is 1040. The van der Waals surface area contributed by atoms with Crippen LogP contribution in [0.4, 0.5) is 20.4 Å². The Hall–Kier alpha value is -3.26. The molecule has 1 aliphatic heterocycles. The average molecular weight is 412 g/mol. The van der Waals surface area contributed by atoms with Crippen molar-refractivity contribution in [2.45, 2.75) is 19.5 Å². The quantitative estimate of drug-likeness (QED) is 0.659. The van der Waals surface area contributed by atoms with Crippen LogP contribution in [0.1, 0.15) is 16.8 Å². The lowest BCUT2D eigenvalue weighted by molar-refractivity contribution is 0.242. The van der Waals surface area contributed by atoms with Gasteiger partial charge in [0.25, 0.3) is 0 Å². The minimum Gasteiger partial charge on any atom is -0.497 e. The van der Waals surface area contributed by atoms with E-state index in [1.54, 1.807) is 20.4 Å². The number of ether oxygens (including phenoxy) is 2. The largest absolute Gasteiger partial charge is 0.497 e. The van der Waals surface area contributed by atoms with Crippen LogP contribution in [0.3, 0.4) is 0 Å². The summed E-state index contributed by atoms with van der Waals surface area (Å²) in [6, 6.07) is 9.06. The van der Waals surface area contributed by atoms with Crippen molar-refractivity contribution in [1.29, 1.82) is 0 Å². The summed E-state index contributed by atoms with van der Waals surface area (Å²) in [6.45, 7) is 1.83. The van der Waals surface area contributed by atoms with Crippen molar-refractivity contribution in [3.63, 3.8) is 0 Å². The number of fused-ring (bicyclic) bond motifs is 1. The first-order valence-corrected chi connectivity index (χ1v) is 9.55. The highest BCUT2D eigenvalue weighted by molar-refractivity contribution is 5.65. The van der Waals surface area contributed by atoms with E-state index in [9.17, 15) is 8.78 Å². The number of hydrogen-bond acceptors (Lipinski definition) is 6. The maximum absolute atomic E-state index is 13.4. The lowest BCUT2D eigenvalue weighted by atomic mass is 10.1. The third-order valence-electron chi connectivity index (χ3n) is 4.99. The molecule has 156 valence electrons. The molecule has 2 aromatic carbocycles. The highest BCUT2D eigenvalue weighted by atomic mass is 19.1. The number of benzene rings is 2. The molecule has 0 spiro atoms. The van der Waals surface area contributed by atoms with Gasteiger partial charge in [-0.05, 0) is 29.8 Å². The van der Waals surface area contributed by atoms with Gasteiger partial charge in [0.1, 0.15) is 23.1 Å². The van der Waals surface area contributed by atoms with E-state index in [0.717, 1.165) is 30.3 Å². The van der Waals surface area contributed by atoms with Gasteiger partial charge in [0.05, 0.1) is 25.6 Å². The molecule has 4 rings (SSSR count). The molecule has 0 unspecified atom stereocenters. The summed E-state index contributed by atoms with van der Waals surface area (Å²) < 4.78 is 37.5. The minimum atomic E-state index is -0.561. The first-order valence-electron chi connectivity index (χ1n) is 9.55. The van der Waals surface area contributed by atoms with Crippen molar-refractivity contribution in [3.8, 4) is 11.5 Å². The van der Waals surface area contributed by atoms with Crippen molar-refractivity contribution >= 4 is 11.6 Å². The predicted molar refractivity (Wildman–Crippen MR) is 109 cm³/mol. The molecule has 1 N–H and O–H groups in total. The minimum absolute atomic E-state index is 0.467. The van der Waals surface area contributed by atoms with Crippen molar-refractivity contribution < 1.29 is 18.3 Å². The first kappa shape index (κ1) is 20.0. The van der Waals surface area contributed by atoms with Gasteiger partial charge in [-0.3, -0.25) is 4.90 Å². The van der Waals surface area contributed by atoms with Crippen LogP contribution in [0.25, 0.3) is 0 Å². The molecule has 30 heavy (non-hydrogen) atoms. The molecule has 8 heteroatoms. The van der Waals surface area contributed by atoms with E-state index in [0.29, 0.717) is 41.8 Å². The monoisotopic (exact) mass is 412 g/mol. The van der Waals surface area contributed by atoms with Gasteiger partial charge in [0, 0.05) is 49.9 Å². The fourth-order valence-electron chi connectivity index (χ4n) is 3.56. The molecule has 0 saturated carbocycles. The van der Waals surface area contributed by atoms with Crippen molar-refractivity contribution in [2.75, 3.05) is 26.1 Å². The molecule has 1 aromatic heterocycles. The van der Waals surface area contributed by atoms with Crippen LogP contribution in [0.5, 0.6) is 11.5 Å². The van der Waals surface area contributed by atoms with Crippen LogP contribution >= 0.6 is 0 Å². The molecule has 0 saturated heterocycles. The first-order chi connectivity index (χ1) is 14.5. The van der Waals surface area contributed by atoms with Crippen LogP contribution in [0.2, 0.25) is 0 Å². The molecule has 0 atom stereocenters. The van der Waals surface area contributed by atoms with E-state index >= 15 is 0 Å². The summed E-state index contributed by atoms with van der Waals surface area (Å²) in [5, 5.41) is 3.19. The summed E-state index contributed by atoms with van der Waals surface area (Å²) in [4.78, 5) is 11.2. The smallest absolute Gasteiger partial charge is 0.227 e. The third-order valence-corrected chi connectivity index (χ3v) is 4.99. The number of nitrogens with one attached hydrogen (secondary N) is 1. The summed E-state index contributed by atoms with van der Waals surface area (Å²) >= 11 is 0. The van der Waals surface area contributed by atoms with E-state index in [1.807, 2.05) is 18.2 Å². The molecule has 6 nitrogen and oxygen atoms in total. The molecule has 0 aliphatic carbocycles. The van der Waals surface area contributed by atoms with Gasteiger partial charge in [-0.15, -0.1) is 0 Å². The molecule has 0 amide bonds. The molecule has 2 heterocycles. The van der Waals surface area contributed by atoms with Crippen LogP contribution in [-0.2, 0) is 19.5 Å². The Kier molecular flexibility index (Phi) is 5.76. The van der Waals surface area contributed by atoms with Crippen LogP contribution in [0.15, 0.2) is 42.6 Å². The standard InChI is InChI=1S/C22H22F2N4O2/c1-29-18-3-4-21(30-2)20(10-18)27-22-25-11-15-13-28(6-5-19(15)26-22)12-14-7-16(23)9-17(24)8-14/h3-4,7-11H,5-6,12-13H2,1-2H3,(H,25,26,27). The highest BCUT2D eigenvalue weighted by Crippen LogP contribution is 2.31. The second kappa shape index (κ2) is 8.62. The van der Waals surface area contributed by atoms with Crippen molar-refractivity contribution in [1.82, 2.24) is 14.9 Å². The summed E-state index contributed by atoms with van der Waals surface area (Å²) in [7, 11) is 3.20. The number of rotatable bonds is 6. The number of methoxy groups -OCH3 is 2. The van der Waals surface area contributed by atoms with Crippen LogP contribution in [-0.4, -0.2) is 35.6 Å². The fraction of sp³-hybridized carbons (Fsp3) is 0.273. The average Bonchev–Trinajstić information content (AvgIpc) is 2.73. The maximum Gasteiger partial charge on any atom is 0.227 e. The van der Waals surface area contributed by atoms with Gasteiger partial charge < -0.3 is 14.8 Å². The van der Waals surface area contributed by atoms with E-state index in [1.165, 1.54) is 12.1 Å². The molecule has 0 bridgehead atoms. The number of aromatic nitrogens is 2. The van der Waals surface area contributed by atoms with Gasteiger partial charge >= 0.3 is 0 Å². The number of hydrogen-bond donors (Lipinski definition) is 1. The van der Waals surface area contributed by atoms with Crippen LogP contribution < -0.4 is 14.8 Å². The predicted octanol–water partition coefficient (Wildman–Crippen LogP) is 4.07. The Balaban J connectivity index is 1.48. The Morgan fingerprint density at radius 1 is 1.07 bits per heavy atom. The van der Waals surface area contributed by atoms with E-state index < -0.39 is 11.6 Å². The number of nitrogens with zero attached hydrogens (tertiary/aromatic N) is 3. The highest BCUT2D eigenvalue weighted by Gasteiger charge is 2.19. The lowest BCUT2D eigenvalue weighted by Crippen LogP contribution is -2.31. The molecule has 0 radical (unpaired) electrons. The Labute approximate surface area is 173 Å². The van der Waals surface area contributed by atoms with E-state index in [4.69, 9.17) is 9.47 Å². The van der Waals surface area contributed by atoms with Crippen molar-refractivity contribution in [3.05, 3.63) is 71.1 Å². The summed E-state index contributed by atoms with van der Waals surface area (Å²) in [5.74, 6) is 0.705. The van der Waals surface area contributed by atoms with E-state index in [2.05, 4.69) is 20.2 Å². The van der Waals surface area contributed by atoms with Gasteiger partial charge in [0.15, 0.2) is 0 Å². The molecular weight excluding hydrogens is 390 g/mol. The second-order valence-corrected chi connectivity index (χ2v) is 7.10. The topological polar surface area (TPSA) is 59.5 Å². The number of halogens is 2. The Morgan fingerprint density at radius 2 is 1.87 bits per heavy atom. The van der Waals surface area contributed by atoms with Gasteiger partial charge in [-0.2, -0.15) is 0 Å². The van der Waals surface area contributed by atoms with Crippen molar-refractivity contribution in [2.24, 2.45) is 0 Å². The van der Waals surface area contributed by atoms with E-state index in [-0.39, 0.29) is 0 Å².